The highest BCUT2D eigenvalue weighted by molar-refractivity contribution is 6.06. The zero-order chi connectivity index (χ0) is 31.2. The normalized spacial score (nSPS) is 18.2. The zero-order valence-electron chi connectivity index (χ0n) is 26.0. The molecule has 1 aromatic carbocycles. The van der Waals surface area contributed by atoms with Gasteiger partial charge in [-0.05, 0) is 51.0 Å². The van der Waals surface area contributed by atoms with Crippen LogP contribution in [-0.2, 0) is 11.8 Å². The number of aromatic amines is 1. The topological polar surface area (TPSA) is 151 Å². The highest BCUT2D eigenvalue weighted by atomic mass is 16.5. The molecule has 5 heterocycles. The van der Waals surface area contributed by atoms with E-state index in [0.29, 0.717) is 42.1 Å². The molecule has 0 radical (unpaired) electrons. The monoisotopic (exact) mass is 619 g/mol. The predicted molar refractivity (Wildman–Crippen MR) is 175 cm³/mol. The number of fused-ring (bicyclic) bond motifs is 1. The Hall–Kier alpha value is -5.04. The third-order valence-corrected chi connectivity index (χ3v) is 8.86. The smallest absolute Gasteiger partial charge is 0.238 e. The third-order valence-electron chi connectivity index (χ3n) is 8.86. The summed E-state index contributed by atoms with van der Waals surface area (Å²) in [5, 5.41) is 15.2. The number of para-hydroxylation sites is 1. The first-order valence-corrected chi connectivity index (χ1v) is 16.0. The number of hydrogen-bond acceptors (Lipinski definition) is 10. The van der Waals surface area contributed by atoms with Crippen LogP contribution in [-0.4, -0.2) is 77.3 Å². The second-order valence-electron chi connectivity index (χ2n) is 12.6. The highest BCUT2D eigenvalue weighted by Crippen LogP contribution is 2.45. The number of benzene rings is 1. The number of H-pyrrole nitrogens is 1. The number of likely N-dealkylation sites (tertiary alicyclic amines) is 1. The van der Waals surface area contributed by atoms with E-state index < -0.39 is 0 Å². The van der Waals surface area contributed by atoms with Gasteiger partial charge in [-0.25, -0.2) is 15.0 Å². The number of aromatic nitrogens is 7. The van der Waals surface area contributed by atoms with Crippen molar-refractivity contribution in [1.29, 1.82) is 0 Å². The Kier molecular flexibility index (Phi) is 7.24. The summed E-state index contributed by atoms with van der Waals surface area (Å²) in [4.78, 5) is 37.1. The number of rotatable bonds is 11. The van der Waals surface area contributed by atoms with Crippen LogP contribution in [0.3, 0.4) is 0 Å². The van der Waals surface area contributed by atoms with Gasteiger partial charge < -0.3 is 25.7 Å². The lowest BCUT2D eigenvalue weighted by Crippen LogP contribution is -2.33. The van der Waals surface area contributed by atoms with Gasteiger partial charge in [-0.3, -0.25) is 14.4 Å². The minimum atomic E-state index is -0.0693. The first-order chi connectivity index (χ1) is 22.4. The van der Waals surface area contributed by atoms with Gasteiger partial charge in [-0.1, -0.05) is 12.1 Å². The molecule has 3 aliphatic rings. The van der Waals surface area contributed by atoms with Crippen molar-refractivity contribution in [1.82, 2.24) is 39.6 Å². The van der Waals surface area contributed by atoms with E-state index >= 15 is 0 Å². The number of nitrogens with zero attached hydrogens (tertiary/aromatic N) is 7. The molecular weight excluding hydrogens is 582 g/mol. The first-order valence-electron chi connectivity index (χ1n) is 16.0. The molecular formula is C33H37N11O2. The summed E-state index contributed by atoms with van der Waals surface area (Å²) >= 11 is 0. The molecule has 1 saturated heterocycles. The number of carbonyl (C=O) groups excluding carboxylic acids is 1. The van der Waals surface area contributed by atoms with Gasteiger partial charge in [-0.2, -0.15) is 10.1 Å². The third kappa shape index (κ3) is 6.10. The Morgan fingerprint density at radius 1 is 1.09 bits per heavy atom. The summed E-state index contributed by atoms with van der Waals surface area (Å²) in [6, 6.07) is 10.2. The van der Waals surface area contributed by atoms with E-state index in [0.717, 1.165) is 77.8 Å². The Labute approximate surface area is 266 Å². The lowest BCUT2D eigenvalue weighted by Gasteiger charge is -2.17. The lowest BCUT2D eigenvalue weighted by molar-refractivity contribution is -0.117. The van der Waals surface area contributed by atoms with Gasteiger partial charge in [0.15, 0.2) is 5.82 Å². The van der Waals surface area contributed by atoms with Crippen LogP contribution < -0.4 is 20.7 Å². The summed E-state index contributed by atoms with van der Waals surface area (Å²) in [6.07, 6.45) is 11.0. The average molecular weight is 620 g/mol. The van der Waals surface area contributed by atoms with Crippen molar-refractivity contribution in [3.8, 4) is 17.1 Å². The number of carbonyl (C=O) groups is 1. The van der Waals surface area contributed by atoms with Crippen LogP contribution >= 0.6 is 0 Å². The Morgan fingerprint density at radius 3 is 2.78 bits per heavy atom. The quantitative estimate of drug-likeness (QED) is 0.163. The predicted octanol–water partition coefficient (Wildman–Crippen LogP) is 4.74. The fourth-order valence-corrected chi connectivity index (χ4v) is 6.04. The van der Waals surface area contributed by atoms with Gasteiger partial charge in [0, 0.05) is 79.1 Å². The number of anilines is 4. The second kappa shape index (κ2) is 11.7. The first kappa shape index (κ1) is 28.4. The molecule has 3 fully saturated rings. The number of nitrogens with one attached hydrogen (secondary N) is 4. The van der Waals surface area contributed by atoms with Gasteiger partial charge >= 0.3 is 0 Å². The van der Waals surface area contributed by atoms with Crippen molar-refractivity contribution in [2.45, 2.75) is 57.1 Å². The average Bonchev–Trinajstić information content (AvgIpc) is 3.94. The van der Waals surface area contributed by atoms with Crippen LogP contribution in [0.4, 0.5) is 23.4 Å². The van der Waals surface area contributed by atoms with E-state index in [4.69, 9.17) is 9.72 Å². The van der Waals surface area contributed by atoms with Gasteiger partial charge in [0.2, 0.25) is 23.7 Å². The molecule has 5 aromatic rings. The maximum Gasteiger partial charge on any atom is 0.238 e. The van der Waals surface area contributed by atoms with Crippen molar-refractivity contribution < 1.29 is 9.53 Å². The Morgan fingerprint density at radius 2 is 1.98 bits per heavy atom. The Balaban J connectivity index is 0.950. The van der Waals surface area contributed by atoms with Crippen LogP contribution in [0.25, 0.3) is 22.2 Å². The van der Waals surface area contributed by atoms with Crippen molar-refractivity contribution >= 4 is 40.2 Å². The number of amides is 1. The van der Waals surface area contributed by atoms with Crippen LogP contribution in [0.5, 0.6) is 5.88 Å². The van der Waals surface area contributed by atoms with Gasteiger partial charge in [0.25, 0.3) is 0 Å². The summed E-state index contributed by atoms with van der Waals surface area (Å²) in [5.74, 6) is 2.76. The molecule has 1 unspecified atom stereocenters. The summed E-state index contributed by atoms with van der Waals surface area (Å²) in [7, 11) is 1.91. The van der Waals surface area contributed by atoms with E-state index in [2.05, 4.69) is 52.0 Å². The van der Waals surface area contributed by atoms with Crippen LogP contribution in [0, 0.1) is 6.92 Å². The molecule has 13 nitrogen and oxygen atoms in total. The van der Waals surface area contributed by atoms with Crippen LogP contribution in [0.15, 0.2) is 48.9 Å². The molecule has 236 valence electrons. The standard InChI is InChI=1S/C33H37N11O2/c1-19-14-27(42-43(19)2)39-33-36-15-24(20-6-7-20)30(41-33)25-16-35-31-23(25)4-3-5-26(31)38-28(45)18-44-13-11-22(17-44)46-29-10-12-34-32(40-29)37-21-8-9-21/h3-5,10,12,14-16,20-22,35H,6-9,11,13,17-18H2,1-2H3,(H,38,45)(H,34,37,40)(H,36,39,41,42). The molecule has 2 saturated carbocycles. The van der Waals surface area contributed by atoms with Crippen molar-refractivity contribution in [3.63, 3.8) is 0 Å². The molecule has 46 heavy (non-hydrogen) atoms. The molecule has 0 bridgehead atoms. The van der Waals surface area contributed by atoms with Crippen LogP contribution in [0.1, 0.15) is 49.3 Å². The van der Waals surface area contributed by atoms with E-state index in [1.54, 1.807) is 12.3 Å². The molecule has 1 atom stereocenters. The second-order valence-corrected chi connectivity index (χ2v) is 12.6. The van der Waals surface area contributed by atoms with Crippen molar-refractivity contribution in [3.05, 3.63) is 60.2 Å². The molecule has 1 aliphatic heterocycles. The molecule has 4 N–H and O–H groups in total. The van der Waals surface area contributed by atoms with E-state index in [-0.39, 0.29) is 18.6 Å². The minimum absolute atomic E-state index is 0.0273. The molecule has 4 aromatic heterocycles. The van der Waals surface area contributed by atoms with Crippen molar-refractivity contribution in [2.24, 2.45) is 7.05 Å². The lowest BCUT2D eigenvalue weighted by atomic mass is 10.0. The van der Waals surface area contributed by atoms with Gasteiger partial charge in [0.1, 0.15) is 6.10 Å². The maximum absolute atomic E-state index is 13.2. The molecule has 2 aliphatic carbocycles. The number of hydrogen-bond donors (Lipinski definition) is 4. The molecule has 13 heteroatoms. The highest BCUT2D eigenvalue weighted by Gasteiger charge is 2.30. The number of ether oxygens (including phenoxy) is 1. The molecule has 8 rings (SSSR count). The largest absolute Gasteiger partial charge is 0.473 e. The van der Waals surface area contributed by atoms with Gasteiger partial charge in [-0.15, -0.1) is 0 Å². The van der Waals surface area contributed by atoms with E-state index in [1.807, 2.05) is 49.2 Å². The maximum atomic E-state index is 13.2. The fraction of sp³-hybridized carbons (Fsp3) is 0.394. The van der Waals surface area contributed by atoms with Crippen LogP contribution in [0.2, 0.25) is 0 Å². The van der Waals surface area contributed by atoms with E-state index in [9.17, 15) is 4.79 Å². The van der Waals surface area contributed by atoms with Gasteiger partial charge in [0.05, 0.1) is 23.4 Å². The summed E-state index contributed by atoms with van der Waals surface area (Å²) in [6.45, 7) is 3.72. The summed E-state index contributed by atoms with van der Waals surface area (Å²) < 4.78 is 7.96. The SMILES string of the molecule is Cc1cc(Nc2ncc(C3CC3)c(-c3c[nH]c4c(NC(=O)CN5CCC(Oc6ccnc(NC7CC7)n6)C5)cccc34)n2)nn1C. The van der Waals surface area contributed by atoms with E-state index in [1.165, 1.54) is 0 Å². The summed E-state index contributed by atoms with van der Waals surface area (Å²) in [5.41, 5.74) is 5.66. The number of aryl methyl sites for hydroxylation is 2. The fourth-order valence-electron chi connectivity index (χ4n) is 6.04. The zero-order valence-corrected chi connectivity index (χ0v) is 26.0. The Bertz CT molecular complexity index is 1890. The molecule has 1 amide bonds. The minimum Gasteiger partial charge on any atom is -0.473 e. The van der Waals surface area contributed by atoms with Crippen molar-refractivity contribution in [2.75, 3.05) is 35.6 Å². The molecule has 0 spiro atoms.